The van der Waals surface area contributed by atoms with Crippen LogP contribution in [0.4, 0.5) is 0 Å². The number of carbonyl (C=O) groups is 1. The Balaban J connectivity index is 2.45. The molecule has 6 nitrogen and oxygen atoms in total. The molecule has 0 bridgehead atoms. The summed E-state index contributed by atoms with van der Waals surface area (Å²) < 4.78 is 5.48. The molecule has 0 aromatic carbocycles. The molecule has 0 aromatic heterocycles. The molecule has 16 heavy (non-hydrogen) atoms. The zero-order valence-corrected chi connectivity index (χ0v) is 9.00. The lowest BCUT2D eigenvalue weighted by Gasteiger charge is -2.17. The molecular formula is C10H18N2O4. The summed E-state index contributed by atoms with van der Waals surface area (Å²) in [4.78, 5) is 10.5. The summed E-state index contributed by atoms with van der Waals surface area (Å²) in [5.74, 6) is -0.414. The Kier molecular flexibility index (Phi) is 5.24. The number of nitrogens with one attached hydrogen (secondary N) is 1. The van der Waals surface area contributed by atoms with Crippen molar-refractivity contribution in [3.8, 4) is 0 Å². The molecule has 1 aliphatic rings. The fourth-order valence-electron chi connectivity index (χ4n) is 1.79. The largest absolute Gasteiger partial charge is 0.396 e. The van der Waals surface area contributed by atoms with Crippen molar-refractivity contribution in [1.29, 1.82) is 0 Å². The van der Waals surface area contributed by atoms with Gasteiger partial charge in [0.1, 0.15) is 6.23 Å². The Morgan fingerprint density at radius 3 is 2.88 bits per heavy atom. The number of primary amides is 1. The number of amides is 1. The van der Waals surface area contributed by atoms with E-state index in [1.165, 1.54) is 12.3 Å². The highest BCUT2D eigenvalue weighted by Gasteiger charge is 2.33. The van der Waals surface area contributed by atoms with E-state index < -0.39 is 5.91 Å². The van der Waals surface area contributed by atoms with Crippen LogP contribution in [-0.2, 0) is 9.53 Å². The van der Waals surface area contributed by atoms with Gasteiger partial charge in [-0.25, -0.2) is 0 Å². The molecule has 3 atom stereocenters. The average molecular weight is 230 g/mol. The number of carbonyl (C=O) groups excluding carboxylic acids is 1. The van der Waals surface area contributed by atoms with Crippen molar-refractivity contribution in [1.82, 2.24) is 5.32 Å². The van der Waals surface area contributed by atoms with Gasteiger partial charge in [-0.05, 0) is 12.8 Å². The van der Waals surface area contributed by atoms with E-state index in [9.17, 15) is 4.79 Å². The normalized spacial score (nSPS) is 29.8. The van der Waals surface area contributed by atoms with Crippen molar-refractivity contribution >= 4 is 5.91 Å². The summed E-state index contributed by atoms with van der Waals surface area (Å²) in [5, 5.41) is 20.7. The second kappa shape index (κ2) is 6.47. The summed E-state index contributed by atoms with van der Waals surface area (Å²) >= 11 is 0. The highest BCUT2D eigenvalue weighted by Crippen LogP contribution is 2.27. The van der Waals surface area contributed by atoms with Crippen LogP contribution in [0.5, 0.6) is 0 Å². The van der Waals surface area contributed by atoms with Crippen LogP contribution in [0.3, 0.4) is 0 Å². The van der Waals surface area contributed by atoms with Crippen molar-refractivity contribution in [2.45, 2.75) is 25.2 Å². The van der Waals surface area contributed by atoms with Gasteiger partial charge in [0, 0.05) is 24.8 Å². The Hall–Kier alpha value is -1.11. The molecule has 1 fully saturated rings. The van der Waals surface area contributed by atoms with Gasteiger partial charge in [-0.3, -0.25) is 4.79 Å². The second-order valence-corrected chi connectivity index (χ2v) is 3.77. The minimum Gasteiger partial charge on any atom is -0.396 e. The molecule has 0 radical (unpaired) electrons. The molecule has 0 spiro atoms. The zero-order valence-electron chi connectivity index (χ0n) is 9.00. The van der Waals surface area contributed by atoms with Gasteiger partial charge < -0.3 is 26.0 Å². The third-order valence-electron chi connectivity index (χ3n) is 2.54. The number of rotatable bonds is 6. The molecule has 92 valence electrons. The summed E-state index contributed by atoms with van der Waals surface area (Å²) in [5.41, 5.74) is 4.94. The summed E-state index contributed by atoms with van der Waals surface area (Å²) in [6.07, 6.45) is 3.41. The first-order valence-corrected chi connectivity index (χ1v) is 5.26. The number of ether oxygens (including phenoxy) is 1. The van der Waals surface area contributed by atoms with Crippen LogP contribution in [0.25, 0.3) is 0 Å². The Morgan fingerprint density at radius 1 is 1.56 bits per heavy atom. The smallest absolute Gasteiger partial charge is 0.242 e. The lowest BCUT2D eigenvalue weighted by Crippen LogP contribution is -2.31. The maximum absolute atomic E-state index is 10.5. The molecule has 6 heteroatoms. The highest BCUT2D eigenvalue weighted by molar-refractivity contribution is 5.85. The molecule has 1 saturated heterocycles. The maximum atomic E-state index is 10.5. The molecular weight excluding hydrogens is 212 g/mol. The van der Waals surface area contributed by atoms with E-state index in [1.54, 1.807) is 0 Å². The number of aliphatic hydroxyl groups excluding tert-OH is 2. The van der Waals surface area contributed by atoms with Crippen molar-refractivity contribution in [2.75, 3.05) is 13.2 Å². The number of aliphatic hydroxyl groups is 2. The van der Waals surface area contributed by atoms with E-state index in [0.717, 1.165) is 0 Å². The summed E-state index contributed by atoms with van der Waals surface area (Å²) in [6, 6.07) is 0. The number of hydrogen-bond acceptors (Lipinski definition) is 5. The minimum absolute atomic E-state index is 0.0420. The Morgan fingerprint density at radius 2 is 2.31 bits per heavy atom. The van der Waals surface area contributed by atoms with Gasteiger partial charge in [0.2, 0.25) is 5.91 Å². The van der Waals surface area contributed by atoms with Crippen molar-refractivity contribution in [2.24, 2.45) is 11.7 Å². The topological polar surface area (TPSA) is 105 Å². The predicted molar refractivity (Wildman–Crippen MR) is 57.0 cm³/mol. The van der Waals surface area contributed by atoms with Crippen LogP contribution in [0.2, 0.25) is 0 Å². The quantitative estimate of drug-likeness (QED) is 0.424. The first kappa shape index (κ1) is 13.0. The van der Waals surface area contributed by atoms with E-state index in [4.69, 9.17) is 20.7 Å². The van der Waals surface area contributed by atoms with Gasteiger partial charge in [-0.1, -0.05) is 0 Å². The van der Waals surface area contributed by atoms with E-state index in [0.29, 0.717) is 12.8 Å². The minimum atomic E-state index is -0.539. The molecule has 1 amide bonds. The number of nitrogens with two attached hydrogens (primary N) is 1. The molecule has 0 saturated carbocycles. The zero-order chi connectivity index (χ0) is 12.0. The van der Waals surface area contributed by atoms with Crippen LogP contribution in [0.15, 0.2) is 12.3 Å². The lowest BCUT2D eigenvalue weighted by atomic mass is 10.00. The Bertz CT molecular complexity index is 257. The van der Waals surface area contributed by atoms with Crippen LogP contribution < -0.4 is 11.1 Å². The summed E-state index contributed by atoms with van der Waals surface area (Å²) in [7, 11) is 0. The lowest BCUT2D eigenvalue weighted by molar-refractivity contribution is -0.113. The SMILES string of the molecule is NC(=O)/C=C\NC1OC(CO)C[C@@H]1CCO. The molecule has 2 unspecified atom stereocenters. The molecule has 1 heterocycles. The van der Waals surface area contributed by atoms with Gasteiger partial charge in [0.05, 0.1) is 12.7 Å². The molecule has 0 aromatic rings. The molecule has 5 N–H and O–H groups in total. The average Bonchev–Trinajstić information content (AvgIpc) is 2.61. The van der Waals surface area contributed by atoms with Crippen molar-refractivity contribution < 1.29 is 19.7 Å². The standard InChI is InChI=1S/C10H18N2O4/c11-9(15)1-3-12-10-7(2-4-13)5-8(6-14)16-10/h1,3,7-8,10,12-14H,2,4-6H2,(H2,11,15)/b3-1-/t7-,8?,10?/m0/s1. The fourth-order valence-corrected chi connectivity index (χ4v) is 1.79. The van der Waals surface area contributed by atoms with Gasteiger partial charge in [-0.2, -0.15) is 0 Å². The summed E-state index contributed by atoms with van der Waals surface area (Å²) in [6.45, 7) is 0.0313. The second-order valence-electron chi connectivity index (χ2n) is 3.77. The maximum Gasteiger partial charge on any atom is 0.242 e. The Labute approximate surface area is 94.1 Å². The molecule has 1 aliphatic heterocycles. The third kappa shape index (κ3) is 3.80. The predicted octanol–water partition coefficient (Wildman–Crippen LogP) is -1.32. The van der Waals surface area contributed by atoms with Gasteiger partial charge in [-0.15, -0.1) is 0 Å². The molecule has 1 rings (SSSR count). The van der Waals surface area contributed by atoms with Crippen LogP contribution in [0, 0.1) is 5.92 Å². The van der Waals surface area contributed by atoms with Crippen molar-refractivity contribution in [3.05, 3.63) is 12.3 Å². The number of hydrogen-bond donors (Lipinski definition) is 4. The van der Waals surface area contributed by atoms with Crippen LogP contribution in [-0.4, -0.2) is 41.7 Å². The van der Waals surface area contributed by atoms with E-state index in [1.807, 2.05) is 0 Å². The first-order valence-electron chi connectivity index (χ1n) is 5.26. The van der Waals surface area contributed by atoms with Crippen molar-refractivity contribution in [3.63, 3.8) is 0 Å². The van der Waals surface area contributed by atoms with Gasteiger partial charge in [0.15, 0.2) is 0 Å². The molecule has 0 aliphatic carbocycles. The van der Waals surface area contributed by atoms with E-state index >= 15 is 0 Å². The van der Waals surface area contributed by atoms with E-state index in [2.05, 4.69) is 5.32 Å². The monoisotopic (exact) mass is 230 g/mol. The highest BCUT2D eigenvalue weighted by atomic mass is 16.5. The van der Waals surface area contributed by atoms with Gasteiger partial charge in [0.25, 0.3) is 0 Å². The van der Waals surface area contributed by atoms with E-state index in [-0.39, 0.29) is 31.5 Å². The van der Waals surface area contributed by atoms with Gasteiger partial charge >= 0.3 is 0 Å². The third-order valence-corrected chi connectivity index (χ3v) is 2.54. The van der Waals surface area contributed by atoms with Crippen LogP contribution >= 0.6 is 0 Å². The van der Waals surface area contributed by atoms with Crippen LogP contribution in [0.1, 0.15) is 12.8 Å². The fraction of sp³-hybridized carbons (Fsp3) is 0.700. The first-order chi connectivity index (χ1) is 7.67.